The lowest BCUT2D eigenvalue weighted by atomic mass is 10.1. The van der Waals surface area contributed by atoms with Crippen molar-refractivity contribution in [3.63, 3.8) is 0 Å². The zero-order chi connectivity index (χ0) is 12.4. The van der Waals surface area contributed by atoms with Crippen molar-refractivity contribution in [1.29, 1.82) is 0 Å². The number of hydrogen-bond donors (Lipinski definition) is 1. The summed E-state index contributed by atoms with van der Waals surface area (Å²) in [6.07, 6.45) is 3.30. The molecular formula is C13H16N4S. The second-order valence-corrected chi connectivity index (χ2v) is 5.59. The fourth-order valence-corrected chi connectivity index (χ4v) is 3.12. The van der Waals surface area contributed by atoms with Crippen LogP contribution in [0.15, 0.2) is 24.3 Å². The first-order chi connectivity index (χ1) is 8.83. The van der Waals surface area contributed by atoms with E-state index in [0.29, 0.717) is 0 Å². The molecule has 0 spiro atoms. The Hall–Kier alpha value is -1.62. The molecule has 1 fully saturated rings. The predicted octanol–water partition coefficient (Wildman–Crippen LogP) is 2.31. The SMILES string of the molecule is Nc1ccccc1Cc1nnc(N2CCCC2)s1. The summed E-state index contributed by atoms with van der Waals surface area (Å²) in [5.74, 6) is 0. The zero-order valence-corrected chi connectivity index (χ0v) is 11.0. The van der Waals surface area contributed by atoms with Crippen LogP contribution >= 0.6 is 11.3 Å². The molecule has 1 aliphatic rings. The maximum absolute atomic E-state index is 5.94. The monoisotopic (exact) mass is 260 g/mol. The highest BCUT2D eigenvalue weighted by atomic mass is 32.1. The van der Waals surface area contributed by atoms with E-state index in [9.17, 15) is 0 Å². The Morgan fingerprint density at radius 3 is 2.72 bits per heavy atom. The van der Waals surface area contributed by atoms with E-state index in [2.05, 4.69) is 15.1 Å². The Kier molecular flexibility index (Phi) is 3.15. The summed E-state index contributed by atoms with van der Waals surface area (Å²) in [5.41, 5.74) is 7.90. The summed E-state index contributed by atoms with van der Waals surface area (Å²) in [6.45, 7) is 2.23. The number of nitrogens with two attached hydrogens (primary N) is 1. The maximum atomic E-state index is 5.94. The molecule has 1 aliphatic heterocycles. The largest absolute Gasteiger partial charge is 0.398 e. The van der Waals surface area contributed by atoms with Crippen molar-refractivity contribution in [1.82, 2.24) is 10.2 Å². The van der Waals surface area contributed by atoms with Gasteiger partial charge in [-0.2, -0.15) is 0 Å². The lowest BCUT2D eigenvalue weighted by molar-refractivity contribution is 0.915. The van der Waals surface area contributed by atoms with Gasteiger partial charge < -0.3 is 10.6 Å². The molecule has 5 heteroatoms. The molecule has 0 bridgehead atoms. The lowest BCUT2D eigenvalue weighted by Gasteiger charge is -2.11. The summed E-state index contributed by atoms with van der Waals surface area (Å²) >= 11 is 1.68. The van der Waals surface area contributed by atoms with Crippen molar-refractivity contribution in [2.45, 2.75) is 19.3 Å². The van der Waals surface area contributed by atoms with Crippen molar-refractivity contribution in [3.8, 4) is 0 Å². The molecule has 94 valence electrons. The second kappa shape index (κ2) is 4.94. The summed E-state index contributed by atoms with van der Waals surface area (Å²) in [4.78, 5) is 2.31. The molecule has 0 saturated carbocycles. The number of aromatic nitrogens is 2. The van der Waals surface area contributed by atoms with Gasteiger partial charge in [0, 0.05) is 25.2 Å². The first kappa shape index (κ1) is 11.5. The first-order valence-corrected chi connectivity index (χ1v) is 7.05. The molecule has 3 rings (SSSR count). The minimum atomic E-state index is 0.776. The Balaban J connectivity index is 1.75. The minimum absolute atomic E-state index is 0.776. The fraction of sp³-hybridized carbons (Fsp3) is 0.385. The van der Waals surface area contributed by atoms with E-state index < -0.39 is 0 Å². The van der Waals surface area contributed by atoms with E-state index in [-0.39, 0.29) is 0 Å². The van der Waals surface area contributed by atoms with Gasteiger partial charge in [0.25, 0.3) is 0 Å². The predicted molar refractivity (Wildman–Crippen MR) is 75.0 cm³/mol. The number of rotatable bonds is 3. The van der Waals surface area contributed by atoms with Crippen molar-refractivity contribution >= 4 is 22.2 Å². The molecule has 0 amide bonds. The van der Waals surface area contributed by atoms with Crippen LogP contribution in [0, 0.1) is 0 Å². The summed E-state index contributed by atoms with van der Waals surface area (Å²) in [7, 11) is 0. The first-order valence-electron chi connectivity index (χ1n) is 6.23. The summed E-state index contributed by atoms with van der Waals surface area (Å²) in [5, 5.41) is 10.6. The lowest BCUT2D eigenvalue weighted by Crippen LogP contribution is -2.17. The van der Waals surface area contributed by atoms with Gasteiger partial charge in [0.15, 0.2) is 0 Å². The molecule has 1 aromatic carbocycles. The van der Waals surface area contributed by atoms with Crippen molar-refractivity contribution in [2.75, 3.05) is 23.7 Å². The van der Waals surface area contributed by atoms with Crippen LogP contribution in [0.5, 0.6) is 0 Å². The van der Waals surface area contributed by atoms with Gasteiger partial charge in [-0.25, -0.2) is 0 Å². The van der Waals surface area contributed by atoms with Crippen molar-refractivity contribution in [3.05, 3.63) is 34.8 Å². The Labute approximate surface area is 110 Å². The quantitative estimate of drug-likeness (QED) is 0.860. The highest BCUT2D eigenvalue weighted by Gasteiger charge is 2.16. The van der Waals surface area contributed by atoms with Gasteiger partial charge in [-0.1, -0.05) is 29.5 Å². The van der Waals surface area contributed by atoms with Gasteiger partial charge in [-0.3, -0.25) is 0 Å². The number of anilines is 2. The Morgan fingerprint density at radius 2 is 1.94 bits per heavy atom. The number of benzene rings is 1. The highest BCUT2D eigenvalue weighted by Crippen LogP contribution is 2.26. The molecule has 2 heterocycles. The van der Waals surface area contributed by atoms with E-state index in [1.165, 1.54) is 12.8 Å². The molecule has 0 aliphatic carbocycles. The molecular weight excluding hydrogens is 244 g/mol. The van der Waals surface area contributed by atoms with Crippen molar-refractivity contribution in [2.24, 2.45) is 0 Å². The standard InChI is InChI=1S/C13H16N4S/c14-11-6-2-1-5-10(11)9-12-15-16-13(18-12)17-7-3-4-8-17/h1-2,5-6H,3-4,7-9,14H2. The molecule has 1 saturated heterocycles. The maximum Gasteiger partial charge on any atom is 0.208 e. The topological polar surface area (TPSA) is 55.0 Å². The van der Waals surface area contributed by atoms with Crippen LogP contribution in [0.2, 0.25) is 0 Å². The average molecular weight is 260 g/mol. The van der Waals surface area contributed by atoms with Crippen LogP contribution in [-0.2, 0) is 6.42 Å². The van der Waals surface area contributed by atoms with Crippen LogP contribution in [0.3, 0.4) is 0 Å². The van der Waals surface area contributed by atoms with E-state index in [0.717, 1.165) is 40.9 Å². The Bertz CT molecular complexity index is 531. The molecule has 0 atom stereocenters. The van der Waals surface area contributed by atoms with Gasteiger partial charge >= 0.3 is 0 Å². The van der Waals surface area contributed by atoms with Crippen molar-refractivity contribution < 1.29 is 0 Å². The van der Waals surface area contributed by atoms with E-state index in [4.69, 9.17) is 5.73 Å². The van der Waals surface area contributed by atoms with E-state index in [1.54, 1.807) is 11.3 Å². The van der Waals surface area contributed by atoms with Gasteiger partial charge in [0.1, 0.15) is 5.01 Å². The van der Waals surface area contributed by atoms with Crippen LogP contribution in [-0.4, -0.2) is 23.3 Å². The third kappa shape index (κ3) is 2.31. The molecule has 0 unspecified atom stereocenters. The second-order valence-electron chi connectivity index (χ2n) is 4.55. The van der Waals surface area contributed by atoms with Crippen LogP contribution in [0.1, 0.15) is 23.4 Å². The van der Waals surface area contributed by atoms with Crippen LogP contribution in [0.4, 0.5) is 10.8 Å². The van der Waals surface area contributed by atoms with Gasteiger partial charge in [-0.05, 0) is 24.5 Å². The molecule has 0 radical (unpaired) electrons. The average Bonchev–Trinajstić information content (AvgIpc) is 3.02. The number of nitrogens with zero attached hydrogens (tertiary/aromatic N) is 3. The minimum Gasteiger partial charge on any atom is -0.398 e. The molecule has 18 heavy (non-hydrogen) atoms. The zero-order valence-electron chi connectivity index (χ0n) is 10.2. The third-order valence-electron chi connectivity index (χ3n) is 3.23. The molecule has 1 aromatic heterocycles. The van der Waals surface area contributed by atoms with E-state index in [1.807, 2.05) is 24.3 Å². The summed E-state index contributed by atoms with van der Waals surface area (Å²) in [6, 6.07) is 7.94. The normalized spacial score (nSPS) is 15.2. The fourth-order valence-electron chi connectivity index (χ4n) is 2.21. The molecule has 2 aromatic rings. The number of para-hydroxylation sites is 1. The van der Waals surface area contributed by atoms with E-state index >= 15 is 0 Å². The molecule has 4 nitrogen and oxygen atoms in total. The Morgan fingerprint density at radius 1 is 1.17 bits per heavy atom. The molecule has 2 N–H and O–H groups in total. The van der Waals surface area contributed by atoms with Crippen LogP contribution < -0.4 is 10.6 Å². The van der Waals surface area contributed by atoms with Gasteiger partial charge in [0.2, 0.25) is 5.13 Å². The number of hydrogen-bond acceptors (Lipinski definition) is 5. The number of nitrogen functional groups attached to an aromatic ring is 1. The van der Waals surface area contributed by atoms with Gasteiger partial charge in [0.05, 0.1) is 0 Å². The third-order valence-corrected chi connectivity index (χ3v) is 4.21. The highest BCUT2D eigenvalue weighted by molar-refractivity contribution is 7.15. The summed E-state index contributed by atoms with van der Waals surface area (Å²) < 4.78 is 0. The van der Waals surface area contributed by atoms with Crippen LogP contribution in [0.25, 0.3) is 0 Å². The smallest absolute Gasteiger partial charge is 0.208 e. The van der Waals surface area contributed by atoms with Gasteiger partial charge in [-0.15, -0.1) is 10.2 Å².